The summed E-state index contributed by atoms with van der Waals surface area (Å²) >= 11 is 1.44. The van der Waals surface area contributed by atoms with Gasteiger partial charge in [-0.2, -0.15) is 0 Å². The highest BCUT2D eigenvalue weighted by atomic mass is 32.1. The maximum atomic E-state index is 12.5. The predicted molar refractivity (Wildman–Crippen MR) is 98.1 cm³/mol. The normalized spacial score (nSPS) is 14.4. The van der Waals surface area contributed by atoms with E-state index in [2.05, 4.69) is 10.6 Å². The van der Waals surface area contributed by atoms with Crippen LogP contribution in [-0.4, -0.2) is 30.4 Å². The standard InChI is InChI=1S/C18H26N2O4S/c1-4-7-11(2)19-15(22)10-24-18(23)16-13-8-5-6-9-14(13)25-17(16)20-12(3)21/h11H,4-10H2,1-3H3,(H,19,22)(H,20,21)/t11-/m1/s1. The molecule has 1 aliphatic rings. The molecule has 0 unspecified atom stereocenters. The molecule has 1 atom stereocenters. The first-order chi connectivity index (χ1) is 11.9. The van der Waals surface area contributed by atoms with Crippen LogP contribution < -0.4 is 10.6 Å². The molecule has 138 valence electrons. The summed E-state index contributed by atoms with van der Waals surface area (Å²) in [5.74, 6) is -1.07. The molecule has 2 amide bonds. The average molecular weight is 366 g/mol. The van der Waals surface area contributed by atoms with Crippen LogP contribution in [0.3, 0.4) is 0 Å². The molecule has 6 nitrogen and oxygen atoms in total. The Morgan fingerprint density at radius 2 is 1.96 bits per heavy atom. The fraction of sp³-hybridized carbons (Fsp3) is 0.611. The largest absolute Gasteiger partial charge is 0.452 e. The first-order valence-electron chi connectivity index (χ1n) is 8.81. The average Bonchev–Trinajstić information content (AvgIpc) is 2.89. The summed E-state index contributed by atoms with van der Waals surface area (Å²) in [7, 11) is 0. The predicted octanol–water partition coefficient (Wildman–Crippen LogP) is 3.05. The van der Waals surface area contributed by atoms with Gasteiger partial charge in [-0.15, -0.1) is 11.3 Å². The van der Waals surface area contributed by atoms with Crippen LogP contribution in [0.25, 0.3) is 0 Å². The van der Waals surface area contributed by atoms with E-state index in [0.29, 0.717) is 10.6 Å². The number of nitrogens with one attached hydrogen (secondary N) is 2. The van der Waals surface area contributed by atoms with E-state index in [1.165, 1.54) is 18.3 Å². The van der Waals surface area contributed by atoms with Gasteiger partial charge in [-0.25, -0.2) is 4.79 Å². The van der Waals surface area contributed by atoms with E-state index >= 15 is 0 Å². The number of carbonyl (C=O) groups excluding carboxylic acids is 3. The summed E-state index contributed by atoms with van der Waals surface area (Å²) in [6.07, 6.45) is 5.66. The van der Waals surface area contributed by atoms with Gasteiger partial charge in [-0.05, 0) is 44.6 Å². The highest BCUT2D eigenvalue weighted by molar-refractivity contribution is 7.17. The van der Waals surface area contributed by atoms with Crippen molar-refractivity contribution >= 4 is 34.1 Å². The number of hydrogen-bond donors (Lipinski definition) is 2. The molecule has 7 heteroatoms. The van der Waals surface area contributed by atoms with Crippen molar-refractivity contribution in [3.8, 4) is 0 Å². The molecule has 0 bridgehead atoms. The van der Waals surface area contributed by atoms with Gasteiger partial charge in [0.1, 0.15) is 5.00 Å². The molecule has 0 saturated heterocycles. The van der Waals surface area contributed by atoms with Crippen LogP contribution in [-0.2, 0) is 27.2 Å². The summed E-state index contributed by atoms with van der Waals surface area (Å²) in [5.41, 5.74) is 1.38. The third-order valence-corrected chi connectivity index (χ3v) is 5.34. The number of thiophene rings is 1. The molecule has 0 saturated carbocycles. The number of hydrogen-bond acceptors (Lipinski definition) is 5. The van der Waals surface area contributed by atoms with Gasteiger partial charge in [0.15, 0.2) is 6.61 Å². The quantitative estimate of drug-likeness (QED) is 0.727. The first kappa shape index (κ1) is 19.4. The van der Waals surface area contributed by atoms with Crippen molar-refractivity contribution in [2.24, 2.45) is 0 Å². The Morgan fingerprint density at radius 1 is 1.24 bits per heavy atom. The number of anilines is 1. The van der Waals surface area contributed by atoms with Gasteiger partial charge < -0.3 is 15.4 Å². The molecule has 0 aliphatic heterocycles. The Hall–Kier alpha value is -1.89. The Labute approximate surface area is 152 Å². The Morgan fingerprint density at radius 3 is 2.64 bits per heavy atom. The van der Waals surface area contributed by atoms with E-state index in [-0.39, 0.29) is 24.5 Å². The van der Waals surface area contributed by atoms with Crippen molar-refractivity contribution in [1.82, 2.24) is 5.32 Å². The molecule has 2 N–H and O–H groups in total. The van der Waals surface area contributed by atoms with Gasteiger partial charge in [-0.1, -0.05) is 13.3 Å². The number of aryl methyl sites for hydroxylation is 1. The van der Waals surface area contributed by atoms with E-state index in [4.69, 9.17) is 4.74 Å². The third kappa shape index (κ3) is 5.29. The zero-order valence-electron chi connectivity index (χ0n) is 15.1. The molecule has 2 rings (SSSR count). The molecule has 1 aliphatic carbocycles. The van der Waals surface area contributed by atoms with Gasteiger partial charge in [-0.3, -0.25) is 9.59 Å². The number of rotatable bonds is 7. The lowest BCUT2D eigenvalue weighted by Crippen LogP contribution is -2.35. The first-order valence-corrected chi connectivity index (χ1v) is 9.62. The second-order valence-electron chi connectivity index (χ2n) is 6.43. The van der Waals surface area contributed by atoms with Crippen molar-refractivity contribution in [2.75, 3.05) is 11.9 Å². The van der Waals surface area contributed by atoms with Crippen LogP contribution in [0.5, 0.6) is 0 Å². The van der Waals surface area contributed by atoms with Crippen LogP contribution in [0.2, 0.25) is 0 Å². The molecule has 0 fully saturated rings. The monoisotopic (exact) mass is 366 g/mol. The smallest absolute Gasteiger partial charge is 0.341 e. The van der Waals surface area contributed by atoms with E-state index < -0.39 is 5.97 Å². The maximum absolute atomic E-state index is 12.5. The van der Waals surface area contributed by atoms with Gasteiger partial charge in [0.25, 0.3) is 5.91 Å². The highest BCUT2D eigenvalue weighted by Gasteiger charge is 2.27. The molecule has 1 aromatic rings. The minimum Gasteiger partial charge on any atom is -0.452 e. The van der Waals surface area contributed by atoms with Gasteiger partial charge in [0.05, 0.1) is 5.56 Å². The lowest BCUT2D eigenvalue weighted by molar-refractivity contribution is -0.124. The summed E-state index contributed by atoms with van der Waals surface area (Å²) in [6.45, 7) is 5.08. The van der Waals surface area contributed by atoms with Crippen molar-refractivity contribution < 1.29 is 19.1 Å². The zero-order valence-corrected chi connectivity index (χ0v) is 15.9. The van der Waals surface area contributed by atoms with Crippen molar-refractivity contribution in [2.45, 2.75) is 65.3 Å². The van der Waals surface area contributed by atoms with Crippen LogP contribution >= 0.6 is 11.3 Å². The fourth-order valence-corrected chi connectivity index (χ4v) is 4.38. The lowest BCUT2D eigenvalue weighted by atomic mass is 9.95. The summed E-state index contributed by atoms with van der Waals surface area (Å²) in [5, 5.41) is 6.07. The third-order valence-electron chi connectivity index (χ3n) is 4.13. The summed E-state index contributed by atoms with van der Waals surface area (Å²) in [4.78, 5) is 37.0. The molecule has 25 heavy (non-hydrogen) atoms. The van der Waals surface area contributed by atoms with Crippen LogP contribution in [0.4, 0.5) is 5.00 Å². The van der Waals surface area contributed by atoms with Gasteiger partial charge in [0.2, 0.25) is 5.91 Å². The minimum absolute atomic E-state index is 0.0556. The Bertz CT molecular complexity index is 654. The number of amides is 2. The number of fused-ring (bicyclic) bond motifs is 1. The molecular weight excluding hydrogens is 340 g/mol. The second kappa shape index (κ2) is 8.99. The number of ether oxygens (including phenoxy) is 1. The molecule has 0 aromatic carbocycles. The van der Waals surface area contributed by atoms with E-state index in [9.17, 15) is 14.4 Å². The molecular formula is C18H26N2O4S. The van der Waals surface area contributed by atoms with Crippen LogP contribution in [0.15, 0.2) is 0 Å². The highest BCUT2D eigenvalue weighted by Crippen LogP contribution is 2.38. The summed E-state index contributed by atoms with van der Waals surface area (Å²) in [6, 6.07) is 0.0556. The number of esters is 1. The zero-order chi connectivity index (χ0) is 18.4. The van der Waals surface area contributed by atoms with Crippen molar-refractivity contribution in [3.05, 3.63) is 16.0 Å². The summed E-state index contributed by atoms with van der Waals surface area (Å²) < 4.78 is 5.22. The topological polar surface area (TPSA) is 84.5 Å². The molecule has 0 radical (unpaired) electrons. The Kier molecular flexibility index (Phi) is 6.99. The lowest BCUT2D eigenvalue weighted by Gasteiger charge is -2.14. The van der Waals surface area contributed by atoms with E-state index in [0.717, 1.165) is 49.0 Å². The number of carbonyl (C=O) groups is 3. The van der Waals surface area contributed by atoms with Crippen molar-refractivity contribution in [3.63, 3.8) is 0 Å². The fourth-order valence-electron chi connectivity index (χ4n) is 3.05. The van der Waals surface area contributed by atoms with E-state index in [1.54, 1.807) is 0 Å². The molecule has 1 heterocycles. The SMILES string of the molecule is CCC[C@@H](C)NC(=O)COC(=O)c1c(NC(C)=O)sc2c1CCCC2. The van der Waals surface area contributed by atoms with E-state index in [1.807, 2.05) is 13.8 Å². The van der Waals surface area contributed by atoms with Gasteiger partial charge >= 0.3 is 5.97 Å². The molecule has 0 spiro atoms. The van der Waals surface area contributed by atoms with Crippen LogP contribution in [0.1, 0.15) is 67.3 Å². The molecule has 1 aromatic heterocycles. The second-order valence-corrected chi connectivity index (χ2v) is 7.53. The minimum atomic E-state index is -0.540. The Balaban J connectivity index is 2.06. The van der Waals surface area contributed by atoms with Gasteiger partial charge in [0, 0.05) is 17.8 Å². The maximum Gasteiger partial charge on any atom is 0.341 e. The van der Waals surface area contributed by atoms with Crippen LogP contribution in [0, 0.1) is 0 Å². The van der Waals surface area contributed by atoms with Crippen molar-refractivity contribution in [1.29, 1.82) is 0 Å².